The van der Waals surface area contributed by atoms with Gasteiger partial charge < -0.3 is 14.8 Å². The molecule has 1 N–H and O–H groups in total. The van der Waals surface area contributed by atoms with Gasteiger partial charge in [-0.25, -0.2) is 4.68 Å². The average molecular weight is 389 g/mol. The number of hydrogen-bond donors (Lipinski definition) is 1. The maximum absolute atomic E-state index is 13.1. The van der Waals surface area contributed by atoms with Gasteiger partial charge in [0, 0.05) is 5.56 Å². The highest BCUT2D eigenvalue weighted by Crippen LogP contribution is 2.41. The summed E-state index contributed by atoms with van der Waals surface area (Å²) in [5.41, 5.74) is 5.60. The van der Waals surface area contributed by atoms with E-state index in [1.165, 1.54) is 0 Å². The number of para-hydroxylation sites is 1. The highest BCUT2D eigenvalue weighted by molar-refractivity contribution is 5.99. The molecule has 0 saturated heterocycles. The van der Waals surface area contributed by atoms with E-state index in [-0.39, 0.29) is 24.7 Å². The Hall–Kier alpha value is -3.28. The van der Waals surface area contributed by atoms with Gasteiger partial charge in [0.15, 0.2) is 11.5 Å². The molecule has 6 nitrogen and oxygen atoms in total. The second-order valence-electron chi connectivity index (χ2n) is 7.72. The molecule has 0 radical (unpaired) electrons. The smallest absolute Gasteiger partial charge is 0.271 e. The van der Waals surface area contributed by atoms with E-state index in [9.17, 15) is 4.79 Å². The third kappa shape index (κ3) is 2.70. The molecule has 0 bridgehead atoms. The standard InChI is InChI=1S/C23H23N3O3/c1-4-14-7-5-6-8-16(14)26-22-19(20(25-26)13(2)3)21(24-23(22)27)15-9-10-17-18(11-15)29-12-28-17/h5-11,13,21H,4,12H2,1-3H3,(H,24,27). The van der Waals surface area contributed by atoms with E-state index < -0.39 is 0 Å². The zero-order valence-electron chi connectivity index (χ0n) is 16.7. The molecule has 148 valence electrons. The van der Waals surface area contributed by atoms with Crippen molar-refractivity contribution in [2.45, 2.75) is 39.2 Å². The number of aromatic nitrogens is 2. The summed E-state index contributed by atoms with van der Waals surface area (Å²) in [6.07, 6.45) is 0.870. The summed E-state index contributed by atoms with van der Waals surface area (Å²) < 4.78 is 12.8. The molecule has 0 aliphatic carbocycles. The predicted molar refractivity (Wildman–Crippen MR) is 109 cm³/mol. The van der Waals surface area contributed by atoms with Crippen molar-refractivity contribution in [1.29, 1.82) is 0 Å². The second kappa shape index (κ2) is 6.65. The maximum atomic E-state index is 13.1. The van der Waals surface area contributed by atoms with Gasteiger partial charge in [-0.05, 0) is 41.7 Å². The molecule has 1 unspecified atom stereocenters. The van der Waals surface area contributed by atoms with Crippen LogP contribution in [0.4, 0.5) is 0 Å². The molecule has 0 fully saturated rings. The van der Waals surface area contributed by atoms with Crippen molar-refractivity contribution in [2.24, 2.45) is 0 Å². The predicted octanol–water partition coefficient (Wildman–Crippen LogP) is 4.12. The van der Waals surface area contributed by atoms with Crippen LogP contribution >= 0.6 is 0 Å². The minimum absolute atomic E-state index is 0.104. The lowest BCUT2D eigenvalue weighted by molar-refractivity contribution is 0.0953. The Labute approximate surface area is 169 Å². The monoisotopic (exact) mass is 389 g/mol. The molecule has 2 aromatic carbocycles. The minimum Gasteiger partial charge on any atom is -0.454 e. The number of nitrogens with zero attached hydrogens (tertiary/aromatic N) is 2. The van der Waals surface area contributed by atoms with Crippen LogP contribution in [0.5, 0.6) is 11.5 Å². The Morgan fingerprint density at radius 3 is 2.76 bits per heavy atom. The summed E-state index contributed by atoms with van der Waals surface area (Å²) in [6.45, 7) is 6.56. The van der Waals surface area contributed by atoms with E-state index in [1.54, 1.807) is 0 Å². The van der Waals surface area contributed by atoms with Gasteiger partial charge in [0.05, 0.1) is 17.4 Å². The molecule has 2 aliphatic heterocycles. The number of nitrogens with one attached hydrogen (secondary N) is 1. The van der Waals surface area contributed by atoms with Crippen LogP contribution in [-0.2, 0) is 6.42 Å². The minimum atomic E-state index is -0.257. The van der Waals surface area contributed by atoms with Crippen LogP contribution in [0.3, 0.4) is 0 Å². The quantitative estimate of drug-likeness (QED) is 0.729. The number of amides is 1. The van der Waals surface area contributed by atoms with Gasteiger partial charge in [0.25, 0.3) is 5.91 Å². The lowest BCUT2D eigenvalue weighted by Gasteiger charge is -2.15. The molecule has 2 aliphatic rings. The van der Waals surface area contributed by atoms with Crippen LogP contribution in [-0.4, -0.2) is 22.5 Å². The molecule has 5 rings (SSSR count). The normalized spacial score (nSPS) is 17.0. The molecule has 6 heteroatoms. The zero-order chi connectivity index (χ0) is 20.1. The largest absolute Gasteiger partial charge is 0.454 e. The molecule has 1 aromatic heterocycles. The van der Waals surface area contributed by atoms with Crippen molar-refractivity contribution in [3.05, 3.63) is 70.5 Å². The average Bonchev–Trinajstić information content (AvgIpc) is 3.42. The summed E-state index contributed by atoms with van der Waals surface area (Å²) in [5.74, 6) is 1.52. The van der Waals surface area contributed by atoms with Crippen LogP contribution < -0.4 is 14.8 Å². The van der Waals surface area contributed by atoms with Crippen LogP contribution in [0, 0.1) is 0 Å². The highest BCUT2D eigenvalue weighted by Gasteiger charge is 2.39. The number of carbonyl (C=O) groups is 1. The van der Waals surface area contributed by atoms with E-state index in [1.807, 2.05) is 41.1 Å². The maximum Gasteiger partial charge on any atom is 0.271 e. The summed E-state index contributed by atoms with van der Waals surface area (Å²) >= 11 is 0. The first kappa shape index (κ1) is 17.8. The third-order valence-corrected chi connectivity index (χ3v) is 5.61. The number of benzene rings is 2. The molecular formula is C23H23N3O3. The molecule has 1 amide bonds. The fourth-order valence-corrected chi connectivity index (χ4v) is 4.18. The molecule has 1 atom stereocenters. The van der Waals surface area contributed by atoms with Crippen LogP contribution in [0.1, 0.15) is 65.6 Å². The SMILES string of the molecule is CCc1ccccc1-n1nc(C(C)C)c2c1C(=O)NC2c1ccc2c(c1)OCO2. The summed E-state index contributed by atoms with van der Waals surface area (Å²) in [6, 6.07) is 13.7. The molecule has 0 saturated carbocycles. The van der Waals surface area contributed by atoms with Crippen molar-refractivity contribution < 1.29 is 14.3 Å². The van der Waals surface area contributed by atoms with E-state index in [4.69, 9.17) is 14.6 Å². The van der Waals surface area contributed by atoms with Crippen molar-refractivity contribution >= 4 is 5.91 Å². The van der Waals surface area contributed by atoms with Gasteiger partial charge in [0.2, 0.25) is 6.79 Å². The Bertz CT molecular complexity index is 1120. The topological polar surface area (TPSA) is 65.4 Å². The van der Waals surface area contributed by atoms with Gasteiger partial charge in [0.1, 0.15) is 5.69 Å². The molecule has 3 heterocycles. The van der Waals surface area contributed by atoms with Gasteiger partial charge >= 0.3 is 0 Å². The number of ether oxygens (including phenoxy) is 2. The van der Waals surface area contributed by atoms with E-state index in [0.29, 0.717) is 11.4 Å². The Kier molecular flexibility index (Phi) is 4.08. The van der Waals surface area contributed by atoms with E-state index >= 15 is 0 Å². The van der Waals surface area contributed by atoms with Crippen molar-refractivity contribution in [3.8, 4) is 17.2 Å². The third-order valence-electron chi connectivity index (χ3n) is 5.61. The first-order valence-corrected chi connectivity index (χ1v) is 10.00. The van der Waals surface area contributed by atoms with Crippen LogP contribution in [0.15, 0.2) is 42.5 Å². The number of rotatable bonds is 4. The van der Waals surface area contributed by atoms with E-state index in [2.05, 4.69) is 32.2 Å². The van der Waals surface area contributed by atoms with E-state index in [0.717, 1.165) is 40.2 Å². The first-order valence-electron chi connectivity index (χ1n) is 10.00. The van der Waals surface area contributed by atoms with Gasteiger partial charge in [-0.15, -0.1) is 0 Å². The lowest BCUT2D eigenvalue weighted by Crippen LogP contribution is -2.23. The molecule has 3 aromatic rings. The summed E-state index contributed by atoms with van der Waals surface area (Å²) in [5, 5.41) is 8.06. The lowest BCUT2D eigenvalue weighted by atomic mass is 9.95. The fraction of sp³-hybridized carbons (Fsp3) is 0.304. The number of aryl methyl sites for hydroxylation is 1. The molecule has 29 heavy (non-hydrogen) atoms. The van der Waals surface area contributed by atoms with Gasteiger partial charge in [-0.1, -0.05) is 45.0 Å². The number of carbonyl (C=O) groups excluding carboxylic acids is 1. The Morgan fingerprint density at radius 1 is 1.17 bits per heavy atom. The summed E-state index contributed by atoms with van der Waals surface area (Å²) in [7, 11) is 0. The number of hydrogen-bond acceptors (Lipinski definition) is 4. The second-order valence-corrected chi connectivity index (χ2v) is 7.72. The number of fused-ring (bicyclic) bond motifs is 2. The fourth-order valence-electron chi connectivity index (χ4n) is 4.18. The highest BCUT2D eigenvalue weighted by atomic mass is 16.7. The molecular weight excluding hydrogens is 366 g/mol. The van der Waals surface area contributed by atoms with Crippen molar-refractivity contribution in [1.82, 2.24) is 15.1 Å². The van der Waals surface area contributed by atoms with Crippen molar-refractivity contribution in [3.63, 3.8) is 0 Å². The van der Waals surface area contributed by atoms with Crippen molar-refractivity contribution in [2.75, 3.05) is 6.79 Å². The first-order chi connectivity index (χ1) is 14.1. The zero-order valence-corrected chi connectivity index (χ0v) is 16.7. The van der Waals surface area contributed by atoms with Gasteiger partial charge in [-0.2, -0.15) is 5.10 Å². The van der Waals surface area contributed by atoms with Crippen LogP contribution in [0.2, 0.25) is 0 Å². The van der Waals surface area contributed by atoms with Gasteiger partial charge in [-0.3, -0.25) is 4.79 Å². The Morgan fingerprint density at radius 2 is 1.97 bits per heavy atom. The van der Waals surface area contributed by atoms with Crippen LogP contribution in [0.25, 0.3) is 5.69 Å². The molecule has 0 spiro atoms. The summed E-state index contributed by atoms with van der Waals surface area (Å²) in [4.78, 5) is 13.1. The Balaban J connectivity index is 1.69.